The summed E-state index contributed by atoms with van der Waals surface area (Å²) in [5.74, 6) is 1.20. The van der Waals surface area contributed by atoms with Crippen molar-refractivity contribution in [2.45, 2.75) is 25.2 Å². The lowest BCUT2D eigenvalue weighted by Crippen LogP contribution is -2.21. The highest BCUT2D eigenvalue weighted by molar-refractivity contribution is 7.09. The van der Waals surface area contributed by atoms with Crippen LogP contribution < -0.4 is 5.73 Å². The molecule has 2 aromatic rings. The van der Waals surface area contributed by atoms with Crippen LogP contribution in [0.15, 0.2) is 35.8 Å². The average Bonchev–Trinajstić information content (AvgIpc) is 2.76. The van der Waals surface area contributed by atoms with Crippen molar-refractivity contribution in [2.75, 3.05) is 5.73 Å². The van der Waals surface area contributed by atoms with E-state index >= 15 is 0 Å². The lowest BCUT2D eigenvalue weighted by atomic mass is 9.73. The molecule has 2 N–H and O–H groups in total. The summed E-state index contributed by atoms with van der Waals surface area (Å²) in [5.41, 5.74) is 8.07. The first kappa shape index (κ1) is 10.8. The molecule has 1 saturated carbocycles. The van der Waals surface area contributed by atoms with E-state index in [-0.39, 0.29) is 0 Å². The highest BCUT2D eigenvalue weighted by Gasteiger charge is 2.31. The molecule has 0 spiro atoms. The number of nitrogens with zero attached hydrogens (tertiary/aromatic N) is 1. The molecule has 1 atom stereocenters. The number of hydrogen-bond donors (Lipinski definition) is 1. The molecule has 88 valence electrons. The molecule has 1 unspecified atom stereocenters. The van der Waals surface area contributed by atoms with E-state index in [0.717, 1.165) is 11.6 Å². The van der Waals surface area contributed by atoms with E-state index < -0.39 is 0 Å². The number of nitrogen functional groups attached to an aromatic ring is 1. The maximum absolute atomic E-state index is 5.89. The third-order valence-corrected chi connectivity index (χ3v) is 4.47. The number of benzene rings is 1. The molecule has 0 radical (unpaired) electrons. The van der Waals surface area contributed by atoms with Gasteiger partial charge in [-0.1, -0.05) is 18.6 Å². The second-order valence-electron chi connectivity index (χ2n) is 4.71. The van der Waals surface area contributed by atoms with Crippen LogP contribution in [-0.2, 0) is 0 Å². The Balaban J connectivity index is 1.98. The van der Waals surface area contributed by atoms with Gasteiger partial charge in [-0.25, -0.2) is 4.98 Å². The van der Waals surface area contributed by atoms with Crippen LogP contribution in [0.1, 0.15) is 35.8 Å². The van der Waals surface area contributed by atoms with Crippen molar-refractivity contribution < 1.29 is 0 Å². The third kappa shape index (κ3) is 2.07. The Morgan fingerprint density at radius 1 is 1.35 bits per heavy atom. The maximum atomic E-state index is 5.89. The van der Waals surface area contributed by atoms with Gasteiger partial charge in [-0.15, -0.1) is 11.3 Å². The zero-order chi connectivity index (χ0) is 11.7. The zero-order valence-corrected chi connectivity index (χ0v) is 10.5. The van der Waals surface area contributed by atoms with Gasteiger partial charge in [-0.3, -0.25) is 0 Å². The summed E-state index contributed by atoms with van der Waals surface area (Å²) >= 11 is 1.76. The molecule has 17 heavy (non-hydrogen) atoms. The summed E-state index contributed by atoms with van der Waals surface area (Å²) in [6, 6.07) is 8.28. The van der Waals surface area contributed by atoms with Crippen LogP contribution in [-0.4, -0.2) is 4.98 Å². The van der Waals surface area contributed by atoms with E-state index in [2.05, 4.69) is 22.5 Å². The van der Waals surface area contributed by atoms with E-state index in [1.807, 2.05) is 18.3 Å². The second kappa shape index (κ2) is 4.49. The summed E-state index contributed by atoms with van der Waals surface area (Å²) in [7, 11) is 0. The summed E-state index contributed by atoms with van der Waals surface area (Å²) in [4.78, 5) is 4.50. The van der Waals surface area contributed by atoms with Crippen molar-refractivity contribution in [3.8, 4) is 0 Å². The molecular weight excluding hydrogens is 228 g/mol. The molecule has 1 aliphatic carbocycles. The fourth-order valence-electron chi connectivity index (χ4n) is 2.53. The van der Waals surface area contributed by atoms with Crippen molar-refractivity contribution in [1.29, 1.82) is 0 Å². The number of nitrogens with two attached hydrogens (primary N) is 1. The Bertz CT molecular complexity index is 489. The normalized spacial score (nSPS) is 17.6. The first-order chi connectivity index (χ1) is 8.34. The van der Waals surface area contributed by atoms with Gasteiger partial charge in [0, 0.05) is 23.2 Å². The fraction of sp³-hybridized carbons (Fsp3) is 0.357. The van der Waals surface area contributed by atoms with Crippen molar-refractivity contribution >= 4 is 17.0 Å². The Labute approximate surface area is 106 Å². The van der Waals surface area contributed by atoms with Crippen LogP contribution in [0.2, 0.25) is 0 Å². The van der Waals surface area contributed by atoms with E-state index in [1.54, 1.807) is 11.3 Å². The molecule has 2 nitrogen and oxygen atoms in total. The van der Waals surface area contributed by atoms with Crippen LogP contribution in [0.5, 0.6) is 0 Å². The minimum absolute atomic E-state index is 0.451. The number of hydrogen-bond acceptors (Lipinski definition) is 3. The highest BCUT2D eigenvalue weighted by Crippen LogP contribution is 2.44. The first-order valence-corrected chi connectivity index (χ1v) is 6.97. The second-order valence-corrected chi connectivity index (χ2v) is 5.64. The molecule has 1 aliphatic rings. The third-order valence-electron chi connectivity index (χ3n) is 3.61. The molecule has 0 amide bonds. The lowest BCUT2D eigenvalue weighted by Gasteiger charge is -2.33. The standard InChI is InChI=1S/C14H16N2S/c15-12-6-2-5-11(9-12)13(10-3-1-4-10)14-16-7-8-17-14/h2,5-10,13H,1,3-4,15H2. The van der Waals surface area contributed by atoms with E-state index in [4.69, 9.17) is 5.73 Å². The molecule has 0 saturated heterocycles. The molecule has 0 aliphatic heterocycles. The van der Waals surface area contributed by atoms with E-state index in [9.17, 15) is 0 Å². The van der Waals surface area contributed by atoms with Gasteiger partial charge in [0.25, 0.3) is 0 Å². The minimum Gasteiger partial charge on any atom is -0.399 e. The van der Waals surface area contributed by atoms with Gasteiger partial charge in [0.2, 0.25) is 0 Å². The van der Waals surface area contributed by atoms with Gasteiger partial charge in [-0.2, -0.15) is 0 Å². The van der Waals surface area contributed by atoms with Crippen LogP contribution in [0.3, 0.4) is 0 Å². The number of thiazole rings is 1. The molecule has 1 aromatic carbocycles. The largest absolute Gasteiger partial charge is 0.399 e. The monoisotopic (exact) mass is 244 g/mol. The van der Waals surface area contributed by atoms with Gasteiger partial charge in [0.05, 0.1) is 0 Å². The van der Waals surface area contributed by atoms with Crippen LogP contribution in [0.25, 0.3) is 0 Å². The molecular formula is C14H16N2S. The fourth-order valence-corrected chi connectivity index (χ4v) is 3.39. The van der Waals surface area contributed by atoms with Crippen molar-refractivity contribution in [3.05, 3.63) is 46.4 Å². The molecule has 3 heteroatoms. The van der Waals surface area contributed by atoms with Gasteiger partial charge >= 0.3 is 0 Å². The molecule has 1 heterocycles. The number of rotatable bonds is 3. The Hall–Kier alpha value is -1.35. The SMILES string of the molecule is Nc1cccc(C(c2nccs2)C2CCC2)c1. The van der Waals surface area contributed by atoms with Gasteiger partial charge in [0.1, 0.15) is 5.01 Å². The average molecular weight is 244 g/mol. The van der Waals surface area contributed by atoms with Crippen LogP contribution in [0, 0.1) is 5.92 Å². The van der Waals surface area contributed by atoms with Gasteiger partial charge in [-0.05, 0) is 36.5 Å². The molecule has 1 aromatic heterocycles. The van der Waals surface area contributed by atoms with Gasteiger partial charge < -0.3 is 5.73 Å². The molecule has 0 bridgehead atoms. The number of anilines is 1. The maximum Gasteiger partial charge on any atom is 0.100 e. The summed E-state index contributed by atoms with van der Waals surface area (Å²) in [6.07, 6.45) is 5.89. The minimum atomic E-state index is 0.451. The predicted octanol–water partition coefficient (Wildman–Crippen LogP) is 3.66. The van der Waals surface area contributed by atoms with E-state index in [1.165, 1.54) is 29.8 Å². The van der Waals surface area contributed by atoms with Gasteiger partial charge in [0.15, 0.2) is 0 Å². The summed E-state index contributed by atoms with van der Waals surface area (Å²) in [5, 5.41) is 3.30. The molecule has 3 rings (SSSR count). The highest BCUT2D eigenvalue weighted by atomic mass is 32.1. The Morgan fingerprint density at radius 3 is 2.82 bits per heavy atom. The van der Waals surface area contributed by atoms with E-state index in [0.29, 0.717) is 5.92 Å². The van der Waals surface area contributed by atoms with Crippen LogP contribution >= 0.6 is 11.3 Å². The van der Waals surface area contributed by atoms with Crippen molar-refractivity contribution in [2.24, 2.45) is 5.92 Å². The quantitative estimate of drug-likeness (QED) is 0.837. The summed E-state index contributed by atoms with van der Waals surface area (Å²) < 4.78 is 0. The smallest absolute Gasteiger partial charge is 0.100 e. The Morgan fingerprint density at radius 2 is 2.24 bits per heavy atom. The van der Waals surface area contributed by atoms with Crippen molar-refractivity contribution in [3.63, 3.8) is 0 Å². The Kier molecular flexibility index (Phi) is 2.85. The predicted molar refractivity (Wildman–Crippen MR) is 72.2 cm³/mol. The topological polar surface area (TPSA) is 38.9 Å². The molecule has 1 fully saturated rings. The van der Waals surface area contributed by atoms with Crippen LogP contribution in [0.4, 0.5) is 5.69 Å². The number of aromatic nitrogens is 1. The first-order valence-electron chi connectivity index (χ1n) is 6.09. The lowest BCUT2D eigenvalue weighted by molar-refractivity contribution is 0.283. The summed E-state index contributed by atoms with van der Waals surface area (Å²) in [6.45, 7) is 0. The van der Waals surface area contributed by atoms with Crippen molar-refractivity contribution in [1.82, 2.24) is 4.98 Å². The zero-order valence-electron chi connectivity index (χ0n) is 9.67.